The molecule has 0 spiro atoms. The lowest BCUT2D eigenvalue weighted by molar-refractivity contribution is -0.0520. The van der Waals surface area contributed by atoms with Crippen molar-refractivity contribution in [2.24, 2.45) is 5.73 Å². The van der Waals surface area contributed by atoms with Crippen LogP contribution in [0.5, 0.6) is 5.75 Å². The predicted molar refractivity (Wildman–Crippen MR) is 136 cm³/mol. The molecule has 7 nitrogen and oxygen atoms in total. The second kappa shape index (κ2) is 9.67. The lowest BCUT2D eigenvalue weighted by Crippen LogP contribution is -2.33. The third-order valence-corrected chi connectivity index (χ3v) is 7.90. The summed E-state index contributed by atoms with van der Waals surface area (Å²) in [6.45, 7) is 1.10. The fourth-order valence-corrected chi connectivity index (χ4v) is 4.65. The van der Waals surface area contributed by atoms with Gasteiger partial charge in [0.15, 0.2) is 11.6 Å². The Hall–Kier alpha value is -4.06. The van der Waals surface area contributed by atoms with Gasteiger partial charge in [0.25, 0.3) is 5.91 Å². The van der Waals surface area contributed by atoms with E-state index in [1.54, 1.807) is 30.3 Å². The second-order valence-corrected chi connectivity index (χ2v) is 11.8. The lowest BCUT2D eigenvalue weighted by Gasteiger charge is -2.21. The highest BCUT2D eigenvalue weighted by atomic mass is 32.2. The molecule has 4 rings (SSSR count). The zero-order chi connectivity index (χ0) is 28.0. The summed E-state index contributed by atoms with van der Waals surface area (Å²) in [4.78, 5) is 12.6. The number of amides is 1. The van der Waals surface area contributed by atoms with Gasteiger partial charge in [-0.3, -0.25) is 9.52 Å². The molecule has 0 saturated carbocycles. The molecule has 4 aromatic rings. The number of hydrogen-bond donors (Lipinski definition) is 2. The number of rotatable bonds is 7. The molecule has 3 N–H and O–H groups in total. The smallest absolute Gasteiger partial charge is 0.387 e. The highest BCUT2D eigenvalue weighted by molar-refractivity contribution is 7.94. The van der Waals surface area contributed by atoms with Crippen molar-refractivity contribution in [1.29, 1.82) is 0 Å². The number of primary amides is 1. The van der Waals surface area contributed by atoms with Crippen molar-refractivity contribution < 1.29 is 35.5 Å². The standard InChI is InChI=1S/C26H23F4N3O4S/c1-26(2,3)38(35,36)32-14-9-10-16(18(27)11-14)23-22(24(31)34)17-12-19(28)21(37-25(29)30)13-20(17)33(23)15-7-5-4-6-8-15/h4-13,25,32H,1-3H3,(H2,31,34). The summed E-state index contributed by atoms with van der Waals surface area (Å²) in [5.74, 6) is -3.91. The minimum atomic E-state index is -3.87. The summed E-state index contributed by atoms with van der Waals surface area (Å²) in [5, 5.41) is -0.0626. The molecule has 0 atom stereocenters. The number of benzene rings is 3. The van der Waals surface area contributed by atoms with Gasteiger partial charge in [0.05, 0.1) is 27.2 Å². The minimum absolute atomic E-state index is 0.0500. The normalized spacial score (nSPS) is 12.2. The Bertz CT molecular complexity index is 1650. The van der Waals surface area contributed by atoms with E-state index in [9.17, 15) is 26.4 Å². The summed E-state index contributed by atoms with van der Waals surface area (Å²) in [5.41, 5.74) is 5.48. The van der Waals surface area contributed by atoms with E-state index >= 15 is 4.39 Å². The maximum atomic E-state index is 15.6. The molecule has 1 heterocycles. The van der Waals surface area contributed by atoms with Crippen LogP contribution in [0.2, 0.25) is 0 Å². The average Bonchev–Trinajstić information content (AvgIpc) is 3.12. The first-order valence-electron chi connectivity index (χ1n) is 11.2. The molecule has 1 amide bonds. The highest BCUT2D eigenvalue weighted by Crippen LogP contribution is 2.40. The van der Waals surface area contributed by atoms with Gasteiger partial charge in [-0.15, -0.1) is 0 Å². The topological polar surface area (TPSA) is 103 Å². The Morgan fingerprint density at radius 1 is 1.00 bits per heavy atom. The third kappa shape index (κ3) is 4.91. The largest absolute Gasteiger partial charge is 0.432 e. The lowest BCUT2D eigenvalue weighted by atomic mass is 10.0. The summed E-state index contributed by atoms with van der Waals surface area (Å²) in [7, 11) is -3.87. The van der Waals surface area contributed by atoms with Crippen molar-refractivity contribution in [2.75, 3.05) is 4.72 Å². The van der Waals surface area contributed by atoms with Crippen LogP contribution in [0.1, 0.15) is 31.1 Å². The Morgan fingerprint density at radius 3 is 2.21 bits per heavy atom. The molecule has 0 bridgehead atoms. The zero-order valence-corrected chi connectivity index (χ0v) is 21.2. The van der Waals surface area contributed by atoms with Gasteiger partial charge in [-0.25, -0.2) is 17.2 Å². The molecule has 12 heteroatoms. The summed E-state index contributed by atoms with van der Waals surface area (Å²) < 4.78 is 88.0. The first-order valence-corrected chi connectivity index (χ1v) is 12.7. The number of ether oxygens (including phenoxy) is 1. The van der Waals surface area contributed by atoms with E-state index in [4.69, 9.17) is 5.73 Å². The number of fused-ring (bicyclic) bond motifs is 1. The van der Waals surface area contributed by atoms with Crippen molar-refractivity contribution >= 4 is 32.5 Å². The molecule has 200 valence electrons. The monoisotopic (exact) mass is 549 g/mol. The minimum Gasteiger partial charge on any atom is -0.432 e. The van der Waals surface area contributed by atoms with Gasteiger partial charge >= 0.3 is 6.61 Å². The first kappa shape index (κ1) is 27.0. The number of alkyl halides is 2. The van der Waals surface area contributed by atoms with Gasteiger partial charge in [0.1, 0.15) is 5.82 Å². The number of nitrogens with two attached hydrogens (primary N) is 1. The van der Waals surface area contributed by atoms with E-state index in [2.05, 4.69) is 9.46 Å². The highest BCUT2D eigenvalue weighted by Gasteiger charge is 2.30. The van der Waals surface area contributed by atoms with Crippen LogP contribution >= 0.6 is 0 Å². The molecule has 0 aliphatic rings. The quantitative estimate of drug-likeness (QED) is 0.284. The van der Waals surface area contributed by atoms with Gasteiger partial charge in [-0.1, -0.05) is 18.2 Å². The van der Waals surface area contributed by atoms with E-state index in [1.165, 1.54) is 37.5 Å². The maximum Gasteiger partial charge on any atom is 0.387 e. The number of halogens is 4. The number of carbonyl (C=O) groups excluding carboxylic acids is 1. The van der Waals surface area contributed by atoms with Crippen molar-refractivity contribution in [1.82, 2.24) is 4.57 Å². The Kier molecular flexibility index (Phi) is 6.87. The Labute approximate surface area is 215 Å². The number of nitrogens with one attached hydrogen (secondary N) is 1. The van der Waals surface area contributed by atoms with Gasteiger partial charge < -0.3 is 15.0 Å². The summed E-state index contributed by atoms with van der Waals surface area (Å²) in [6, 6.07) is 13.5. The average molecular weight is 550 g/mol. The van der Waals surface area contributed by atoms with Gasteiger partial charge in [0.2, 0.25) is 10.0 Å². The maximum absolute atomic E-state index is 15.6. The Morgan fingerprint density at radius 2 is 1.66 bits per heavy atom. The van der Waals surface area contributed by atoms with E-state index in [0.29, 0.717) is 5.69 Å². The summed E-state index contributed by atoms with van der Waals surface area (Å²) in [6.07, 6.45) is 0. The van der Waals surface area contributed by atoms with Crippen LogP contribution in [-0.4, -0.2) is 30.3 Å². The van der Waals surface area contributed by atoms with E-state index in [0.717, 1.165) is 18.2 Å². The van der Waals surface area contributed by atoms with Crippen LogP contribution in [0.3, 0.4) is 0 Å². The van der Waals surface area contributed by atoms with Crippen LogP contribution in [0.4, 0.5) is 23.2 Å². The molecule has 0 unspecified atom stereocenters. The number of sulfonamides is 1. The molecule has 0 radical (unpaired) electrons. The fourth-order valence-electron chi connectivity index (χ4n) is 3.90. The third-order valence-electron chi connectivity index (χ3n) is 5.78. The van der Waals surface area contributed by atoms with Crippen LogP contribution in [0, 0.1) is 11.6 Å². The van der Waals surface area contributed by atoms with E-state index in [-0.39, 0.29) is 33.4 Å². The van der Waals surface area contributed by atoms with Gasteiger partial charge in [-0.05, 0) is 57.2 Å². The fraction of sp³-hybridized carbons (Fsp3) is 0.192. The van der Waals surface area contributed by atoms with Crippen molar-refractivity contribution in [3.63, 3.8) is 0 Å². The molecule has 3 aromatic carbocycles. The van der Waals surface area contributed by atoms with Crippen LogP contribution in [-0.2, 0) is 10.0 Å². The number of para-hydroxylation sites is 1. The number of anilines is 1. The first-order chi connectivity index (χ1) is 17.7. The SMILES string of the molecule is CC(C)(C)S(=O)(=O)Nc1ccc(-c2c(C(N)=O)c3cc(F)c(OC(F)F)cc3n2-c2ccccc2)c(F)c1. The van der Waals surface area contributed by atoms with Crippen LogP contribution in [0.25, 0.3) is 27.8 Å². The zero-order valence-electron chi connectivity index (χ0n) is 20.4. The Balaban J connectivity index is 2.03. The van der Waals surface area contributed by atoms with Crippen molar-refractivity contribution in [2.45, 2.75) is 32.1 Å². The van der Waals surface area contributed by atoms with Gasteiger partial charge in [0, 0.05) is 22.7 Å². The number of hydrogen-bond acceptors (Lipinski definition) is 4. The molecular weight excluding hydrogens is 526 g/mol. The number of carbonyl (C=O) groups is 1. The molecule has 1 aromatic heterocycles. The van der Waals surface area contributed by atoms with Crippen molar-refractivity contribution in [3.05, 3.63) is 77.9 Å². The van der Waals surface area contributed by atoms with Crippen LogP contribution < -0.4 is 15.2 Å². The molecular formula is C26H23F4N3O4S. The molecule has 38 heavy (non-hydrogen) atoms. The predicted octanol–water partition coefficient (Wildman–Crippen LogP) is 5.82. The second-order valence-electron chi connectivity index (χ2n) is 9.35. The molecule has 0 aliphatic carbocycles. The van der Waals surface area contributed by atoms with Crippen molar-refractivity contribution in [3.8, 4) is 22.7 Å². The number of nitrogens with zero attached hydrogens (tertiary/aromatic N) is 1. The van der Waals surface area contributed by atoms with Gasteiger partial charge in [-0.2, -0.15) is 8.78 Å². The number of aromatic nitrogens is 1. The molecule has 0 fully saturated rings. The summed E-state index contributed by atoms with van der Waals surface area (Å²) >= 11 is 0. The molecule has 0 aliphatic heterocycles. The van der Waals surface area contributed by atoms with Crippen LogP contribution in [0.15, 0.2) is 60.7 Å². The van der Waals surface area contributed by atoms with E-state index < -0.39 is 44.7 Å². The molecule has 0 saturated heterocycles. The van der Waals surface area contributed by atoms with E-state index in [1.807, 2.05) is 0 Å².